The molecule has 33 heavy (non-hydrogen) atoms. The van der Waals surface area contributed by atoms with Crippen LogP contribution in [0.5, 0.6) is 5.75 Å². The van der Waals surface area contributed by atoms with E-state index in [4.69, 9.17) is 18.8 Å². The van der Waals surface area contributed by atoms with Crippen LogP contribution in [0.3, 0.4) is 0 Å². The largest absolute Gasteiger partial charge is 0.495 e. The van der Waals surface area contributed by atoms with E-state index in [1.165, 1.54) is 18.1 Å². The molecule has 1 N–H and O–H groups in total. The predicted molar refractivity (Wildman–Crippen MR) is 125 cm³/mol. The summed E-state index contributed by atoms with van der Waals surface area (Å²) < 4.78 is 52.2. The van der Waals surface area contributed by atoms with Crippen molar-refractivity contribution in [2.45, 2.75) is 82.6 Å². The first-order valence-electron chi connectivity index (χ1n) is 10.9. The number of carbonyl (C=O) groups is 1. The fraction of sp³-hybridized carbons (Fsp3) is 0.682. The van der Waals surface area contributed by atoms with Gasteiger partial charge in [-0.05, 0) is 73.0 Å². The van der Waals surface area contributed by atoms with Gasteiger partial charge >= 0.3 is 13.2 Å². The smallest absolute Gasteiger partial charge is 0.494 e. The van der Waals surface area contributed by atoms with Crippen LogP contribution in [-0.4, -0.2) is 69.1 Å². The van der Waals surface area contributed by atoms with Gasteiger partial charge in [0.2, 0.25) is 10.0 Å². The lowest BCUT2D eigenvalue weighted by atomic mass is 9.79. The topological polar surface area (TPSA) is 103 Å². The molecule has 0 unspecified atom stereocenters. The summed E-state index contributed by atoms with van der Waals surface area (Å²) in [6, 6.07) is 4.83. The molecule has 0 spiro atoms. The molecule has 2 heterocycles. The average Bonchev–Trinajstić information content (AvgIpc) is 2.84. The Morgan fingerprint density at radius 3 is 2.12 bits per heavy atom. The maximum atomic E-state index is 13.3. The van der Waals surface area contributed by atoms with E-state index in [2.05, 4.69) is 4.72 Å². The van der Waals surface area contributed by atoms with Crippen molar-refractivity contribution in [3.05, 3.63) is 18.2 Å². The number of carbonyl (C=O) groups excluding carboxylic acids is 1. The summed E-state index contributed by atoms with van der Waals surface area (Å²) in [7, 11) is -3.28. The van der Waals surface area contributed by atoms with Crippen molar-refractivity contribution in [2.75, 3.05) is 20.2 Å². The number of hydrogen-bond donors (Lipinski definition) is 1. The van der Waals surface area contributed by atoms with E-state index in [9.17, 15) is 13.2 Å². The number of sulfonamides is 1. The molecular weight excluding hydrogens is 447 g/mol. The molecule has 0 aromatic heterocycles. The van der Waals surface area contributed by atoms with Crippen molar-refractivity contribution < 1.29 is 32.0 Å². The fourth-order valence-electron chi connectivity index (χ4n) is 3.72. The Kier molecular flexibility index (Phi) is 6.37. The van der Waals surface area contributed by atoms with Crippen LogP contribution in [0.1, 0.15) is 55.4 Å². The van der Waals surface area contributed by atoms with E-state index in [1.807, 2.05) is 27.7 Å². The summed E-state index contributed by atoms with van der Waals surface area (Å²) in [5, 5.41) is 0. The molecule has 0 aliphatic carbocycles. The summed E-state index contributed by atoms with van der Waals surface area (Å²) in [6.07, 6.45) is -0.473. The van der Waals surface area contributed by atoms with Gasteiger partial charge in [0.1, 0.15) is 16.2 Å². The summed E-state index contributed by atoms with van der Waals surface area (Å²) in [4.78, 5) is 13.7. The minimum Gasteiger partial charge on any atom is -0.495 e. The third-order valence-electron chi connectivity index (χ3n) is 6.11. The van der Waals surface area contributed by atoms with Crippen molar-refractivity contribution in [3.8, 4) is 5.75 Å². The summed E-state index contributed by atoms with van der Waals surface area (Å²) in [5.74, 6) is 0.203. The first-order valence-corrected chi connectivity index (χ1v) is 12.4. The van der Waals surface area contributed by atoms with Crippen LogP contribution in [0.25, 0.3) is 0 Å². The molecule has 0 atom stereocenters. The highest BCUT2D eigenvalue weighted by Crippen LogP contribution is 2.37. The number of benzene rings is 1. The van der Waals surface area contributed by atoms with Crippen LogP contribution in [0, 0.1) is 0 Å². The normalized spacial score (nSPS) is 21.5. The SMILES string of the molecule is COc1ccc(B2OC(C)(C)C(C)(C)O2)cc1S(=O)(=O)NC1(C)CN(C(=O)OC(C)(C)C)C1. The van der Waals surface area contributed by atoms with Crippen LogP contribution >= 0.6 is 0 Å². The van der Waals surface area contributed by atoms with Gasteiger partial charge < -0.3 is 23.7 Å². The Labute approximate surface area is 197 Å². The molecule has 0 bridgehead atoms. The second-order valence-electron chi connectivity index (χ2n) is 11.0. The summed E-state index contributed by atoms with van der Waals surface area (Å²) >= 11 is 0. The zero-order chi connectivity index (χ0) is 25.0. The van der Waals surface area contributed by atoms with Crippen LogP contribution < -0.4 is 14.9 Å². The standard InChI is InChI=1S/C22H35BN2O7S/c1-19(2,3)30-18(26)25-13-22(8,14-25)24-33(27,28)17-12-15(10-11-16(17)29-9)23-31-20(4,5)21(6,7)32-23/h10-12,24H,13-14H2,1-9H3. The summed E-state index contributed by atoms with van der Waals surface area (Å²) in [5.41, 5.74) is -1.99. The van der Waals surface area contributed by atoms with Gasteiger partial charge in [-0.15, -0.1) is 0 Å². The quantitative estimate of drug-likeness (QED) is 0.643. The molecule has 0 radical (unpaired) electrons. The molecule has 9 nitrogen and oxygen atoms in total. The van der Waals surface area contributed by atoms with Crippen LogP contribution in [0.4, 0.5) is 4.79 Å². The Morgan fingerprint density at radius 2 is 1.64 bits per heavy atom. The zero-order valence-electron chi connectivity index (χ0n) is 20.9. The first-order chi connectivity index (χ1) is 14.9. The number of nitrogens with one attached hydrogen (secondary N) is 1. The molecule has 0 saturated carbocycles. The Bertz CT molecular complexity index is 1010. The van der Waals surface area contributed by atoms with E-state index in [-0.39, 0.29) is 23.7 Å². The van der Waals surface area contributed by atoms with Gasteiger partial charge in [-0.3, -0.25) is 0 Å². The molecule has 1 aromatic carbocycles. The Balaban J connectivity index is 1.80. The zero-order valence-corrected chi connectivity index (χ0v) is 21.8. The highest BCUT2D eigenvalue weighted by Gasteiger charge is 2.52. The molecule has 2 aliphatic rings. The third kappa shape index (κ3) is 5.31. The molecule has 1 aromatic rings. The van der Waals surface area contributed by atoms with Gasteiger partial charge in [-0.1, -0.05) is 6.07 Å². The van der Waals surface area contributed by atoms with Crippen LogP contribution in [0.15, 0.2) is 23.1 Å². The van der Waals surface area contributed by atoms with Gasteiger partial charge in [-0.2, -0.15) is 0 Å². The molecule has 2 aliphatic heterocycles. The monoisotopic (exact) mass is 482 g/mol. The number of hydrogen-bond acceptors (Lipinski definition) is 7. The van der Waals surface area contributed by atoms with Crippen LogP contribution in [-0.2, 0) is 24.1 Å². The van der Waals surface area contributed by atoms with E-state index >= 15 is 0 Å². The molecule has 2 fully saturated rings. The molecule has 184 valence electrons. The number of amides is 1. The predicted octanol–water partition coefficient (Wildman–Crippen LogP) is 2.28. The Morgan fingerprint density at radius 1 is 1.09 bits per heavy atom. The highest BCUT2D eigenvalue weighted by molar-refractivity contribution is 7.89. The average molecular weight is 482 g/mol. The molecule has 3 rings (SSSR count). The maximum Gasteiger partial charge on any atom is 0.494 e. The molecule has 2 saturated heterocycles. The lowest BCUT2D eigenvalue weighted by Crippen LogP contribution is -2.69. The lowest BCUT2D eigenvalue weighted by molar-refractivity contribution is -0.00777. The highest BCUT2D eigenvalue weighted by atomic mass is 32.2. The Hall–Kier alpha value is -1.82. The number of methoxy groups -OCH3 is 1. The van der Waals surface area contributed by atoms with Crippen molar-refractivity contribution in [1.29, 1.82) is 0 Å². The summed E-state index contributed by atoms with van der Waals surface area (Å²) in [6.45, 7) is 15.2. The van der Waals surface area contributed by atoms with Gasteiger partial charge in [-0.25, -0.2) is 17.9 Å². The van der Waals surface area contributed by atoms with Crippen LogP contribution in [0.2, 0.25) is 0 Å². The third-order valence-corrected chi connectivity index (χ3v) is 7.77. The second-order valence-corrected chi connectivity index (χ2v) is 12.7. The van der Waals surface area contributed by atoms with Gasteiger partial charge in [0, 0.05) is 13.1 Å². The minimum absolute atomic E-state index is 0.0193. The van der Waals surface area contributed by atoms with Gasteiger partial charge in [0.15, 0.2) is 0 Å². The fourth-order valence-corrected chi connectivity index (χ4v) is 5.32. The van der Waals surface area contributed by atoms with Crippen molar-refractivity contribution >= 4 is 28.7 Å². The van der Waals surface area contributed by atoms with Crippen molar-refractivity contribution in [2.24, 2.45) is 0 Å². The number of ether oxygens (including phenoxy) is 2. The molecular formula is C22H35BN2O7S. The van der Waals surface area contributed by atoms with E-state index in [0.717, 1.165) is 0 Å². The van der Waals surface area contributed by atoms with Gasteiger partial charge in [0.25, 0.3) is 0 Å². The number of nitrogens with zero attached hydrogens (tertiary/aromatic N) is 1. The van der Waals surface area contributed by atoms with E-state index in [0.29, 0.717) is 5.46 Å². The number of rotatable bonds is 5. The van der Waals surface area contributed by atoms with Gasteiger partial charge in [0.05, 0.1) is 23.9 Å². The van der Waals surface area contributed by atoms with Crippen molar-refractivity contribution in [1.82, 2.24) is 9.62 Å². The first kappa shape index (κ1) is 25.8. The van der Waals surface area contributed by atoms with E-state index in [1.54, 1.807) is 39.8 Å². The number of likely N-dealkylation sites (tertiary alicyclic amines) is 1. The maximum absolute atomic E-state index is 13.3. The molecule has 11 heteroatoms. The molecule has 1 amide bonds. The second kappa shape index (κ2) is 8.14. The van der Waals surface area contributed by atoms with E-state index < -0.39 is 45.6 Å². The minimum atomic E-state index is -3.98. The van der Waals surface area contributed by atoms with Crippen molar-refractivity contribution in [3.63, 3.8) is 0 Å². The lowest BCUT2D eigenvalue weighted by Gasteiger charge is -2.47.